The molecular formula is C24H30Cl2N2O2. The smallest absolute Gasteiger partial charge is 0.242 e. The largest absolute Gasteiger partial charge is 0.354 e. The molecule has 2 rings (SSSR count). The van der Waals surface area contributed by atoms with Crippen LogP contribution in [0.15, 0.2) is 48.5 Å². The minimum Gasteiger partial charge on any atom is -0.354 e. The van der Waals surface area contributed by atoms with Gasteiger partial charge in [0.1, 0.15) is 6.04 Å². The zero-order valence-electron chi connectivity index (χ0n) is 17.8. The van der Waals surface area contributed by atoms with Gasteiger partial charge in [0.25, 0.3) is 0 Å². The number of halogens is 2. The molecular weight excluding hydrogens is 419 g/mol. The third-order valence-electron chi connectivity index (χ3n) is 4.88. The Bertz CT molecular complexity index is 840. The van der Waals surface area contributed by atoms with Crippen LogP contribution in [0.2, 0.25) is 10.0 Å². The van der Waals surface area contributed by atoms with Crippen LogP contribution >= 0.6 is 23.2 Å². The summed E-state index contributed by atoms with van der Waals surface area (Å²) in [7, 11) is 0. The molecule has 0 heterocycles. The van der Waals surface area contributed by atoms with E-state index in [4.69, 9.17) is 23.2 Å². The Kier molecular flexibility index (Phi) is 9.67. The van der Waals surface area contributed by atoms with E-state index in [0.717, 1.165) is 11.1 Å². The highest BCUT2D eigenvalue weighted by molar-refractivity contribution is 6.42. The number of benzene rings is 2. The maximum absolute atomic E-state index is 13.2. The first-order chi connectivity index (χ1) is 14.3. The molecule has 2 amide bonds. The Hall–Kier alpha value is -2.04. The number of hydrogen-bond donors (Lipinski definition) is 1. The van der Waals surface area contributed by atoms with Gasteiger partial charge in [-0.25, -0.2) is 0 Å². The van der Waals surface area contributed by atoms with Crippen LogP contribution in [0, 0.1) is 5.92 Å². The molecule has 0 aliphatic carbocycles. The maximum atomic E-state index is 13.2. The van der Waals surface area contributed by atoms with Gasteiger partial charge in [0.05, 0.1) is 10.0 Å². The lowest BCUT2D eigenvalue weighted by Crippen LogP contribution is -2.49. The molecule has 1 N–H and O–H groups in total. The van der Waals surface area contributed by atoms with Gasteiger partial charge in [-0.3, -0.25) is 9.59 Å². The lowest BCUT2D eigenvalue weighted by molar-refractivity contribution is -0.141. The summed E-state index contributed by atoms with van der Waals surface area (Å²) in [6, 6.07) is 14.6. The predicted octanol–water partition coefficient (Wildman–Crippen LogP) is 5.51. The average molecular weight is 449 g/mol. The summed E-state index contributed by atoms with van der Waals surface area (Å²) in [6.45, 7) is 6.89. The molecule has 4 nitrogen and oxygen atoms in total. The molecule has 162 valence electrons. The van der Waals surface area contributed by atoms with Crippen molar-refractivity contribution in [3.63, 3.8) is 0 Å². The van der Waals surface area contributed by atoms with Crippen LogP contribution in [0.4, 0.5) is 0 Å². The summed E-state index contributed by atoms with van der Waals surface area (Å²) < 4.78 is 0. The molecule has 0 spiro atoms. The molecule has 0 aromatic heterocycles. The van der Waals surface area contributed by atoms with Crippen molar-refractivity contribution >= 4 is 35.0 Å². The Morgan fingerprint density at radius 2 is 1.70 bits per heavy atom. The minimum atomic E-state index is -0.540. The molecule has 0 saturated heterocycles. The molecule has 0 fully saturated rings. The third kappa shape index (κ3) is 7.33. The molecule has 0 aliphatic rings. The topological polar surface area (TPSA) is 49.4 Å². The maximum Gasteiger partial charge on any atom is 0.242 e. The summed E-state index contributed by atoms with van der Waals surface area (Å²) in [6.07, 6.45) is 1.49. The highest BCUT2D eigenvalue weighted by Gasteiger charge is 2.28. The van der Waals surface area contributed by atoms with Crippen molar-refractivity contribution in [3.05, 3.63) is 69.7 Å². The number of amides is 2. The van der Waals surface area contributed by atoms with Gasteiger partial charge >= 0.3 is 0 Å². The van der Waals surface area contributed by atoms with Crippen molar-refractivity contribution in [2.24, 2.45) is 5.92 Å². The number of carbonyl (C=O) groups is 2. The second-order valence-electron chi connectivity index (χ2n) is 7.82. The zero-order valence-corrected chi connectivity index (χ0v) is 19.3. The van der Waals surface area contributed by atoms with E-state index in [1.807, 2.05) is 57.2 Å². The molecule has 2 aromatic rings. The van der Waals surface area contributed by atoms with Crippen LogP contribution in [0.3, 0.4) is 0 Å². The number of nitrogens with one attached hydrogen (secondary N) is 1. The minimum absolute atomic E-state index is 0.0588. The highest BCUT2D eigenvalue weighted by Crippen LogP contribution is 2.24. The van der Waals surface area contributed by atoms with E-state index in [9.17, 15) is 9.59 Å². The Labute approximate surface area is 189 Å². The molecule has 2 aromatic carbocycles. The SMILES string of the molecule is CC[C@@H](C(=O)NCC(C)C)N(Cc1ccc(Cl)c(Cl)c1)C(=O)CCc1ccccc1. The fourth-order valence-corrected chi connectivity index (χ4v) is 3.54. The molecule has 0 unspecified atom stereocenters. The van der Waals surface area contributed by atoms with E-state index in [1.54, 1.807) is 17.0 Å². The van der Waals surface area contributed by atoms with Gasteiger partial charge in [0, 0.05) is 19.5 Å². The summed E-state index contributed by atoms with van der Waals surface area (Å²) in [4.78, 5) is 27.7. The fraction of sp³-hybridized carbons (Fsp3) is 0.417. The first kappa shape index (κ1) is 24.2. The predicted molar refractivity (Wildman–Crippen MR) is 124 cm³/mol. The average Bonchev–Trinajstić information content (AvgIpc) is 2.73. The van der Waals surface area contributed by atoms with Crippen LogP contribution in [0.1, 0.15) is 44.7 Å². The molecule has 6 heteroatoms. The van der Waals surface area contributed by atoms with Gasteiger partial charge in [0.15, 0.2) is 0 Å². The normalized spacial score (nSPS) is 11.9. The number of hydrogen-bond acceptors (Lipinski definition) is 2. The second-order valence-corrected chi connectivity index (χ2v) is 8.63. The van der Waals surface area contributed by atoms with Gasteiger partial charge in [-0.15, -0.1) is 0 Å². The lowest BCUT2D eigenvalue weighted by Gasteiger charge is -2.31. The zero-order chi connectivity index (χ0) is 22.1. The number of carbonyl (C=O) groups excluding carboxylic acids is 2. The fourth-order valence-electron chi connectivity index (χ4n) is 3.22. The monoisotopic (exact) mass is 448 g/mol. The molecule has 0 saturated carbocycles. The van der Waals surface area contributed by atoms with Crippen LogP contribution in [0.25, 0.3) is 0 Å². The van der Waals surface area contributed by atoms with Gasteiger partial charge in [0.2, 0.25) is 11.8 Å². The molecule has 0 aliphatic heterocycles. The van der Waals surface area contributed by atoms with E-state index >= 15 is 0 Å². The van der Waals surface area contributed by atoms with E-state index in [-0.39, 0.29) is 11.8 Å². The van der Waals surface area contributed by atoms with Crippen LogP contribution in [-0.4, -0.2) is 29.3 Å². The molecule has 0 bridgehead atoms. The number of rotatable bonds is 10. The highest BCUT2D eigenvalue weighted by atomic mass is 35.5. The van der Waals surface area contributed by atoms with Crippen molar-refractivity contribution in [1.82, 2.24) is 10.2 Å². The van der Waals surface area contributed by atoms with Gasteiger partial charge in [-0.2, -0.15) is 0 Å². The third-order valence-corrected chi connectivity index (χ3v) is 5.62. The van der Waals surface area contributed by atoms with Gasteiger partial charge in [-0.05, 0) is 42.0 Å². The van der Waals surface area contributed by atoms with Crippen LogP contribution in [-0.2, 0) is 22.6 Å². The van der Waals surface area contributed by atoms with Crippen molar-refractivity contribution in [3.8, 4) is 0 Å². The Balaban J connectivity index is 2.21. The summed E-state index contributed by atoms with van der Waals surface area (Å²) in [5.74, 6) is 0.152. The van der Waals surface area contributed by atoms with E-state index in [2.05, 4.69) is 5.32 Å². The lowest BCUT2D eigenvalue weighted by atomic mass is 10.1. The van der Waals surface area contributed by atoms with Crippen molar-refractivity contribution in [2.45, 2.75) is 52.6 Å². The number of nitrogens with zero attached hydrogens (tertiary/aromatic N) is 1. The molecule has 0 radical (unpaired) electrons. The Morgan fingerprint density at radius 1 is 1.00 bits per heavy atom. The van der Waals surface area contributed by atoms with E-state index in [1.165, 1.54) is 0 Å². The Morgan fingerprint density at radius 3 is 2.30 bits per heavy atom. The van der Waals surface area contributed by atoms with E-state index in [0.29, 0.717) is 48.3 Å². The summed E-state index contributed by atoms with van der Waals surface area (Å²) >= 11 is 12.2. The standard InChI is InChI=1S/C24H30Cl2N2O2/c1-4-22(24(30)27-15-17(2)3)28(16-19-10-12-20(25)21(26)14-19)23(29)13-11-18-8-6-5-7-9-18/h5-10,12,14,17,22H,4,11,13,15-16H2,1-3H3,(H,27,30)/t22-/m0/s1. The number of aryl methyl sites for hydroxylation is 1. The first-order valence-corrected chi connectivity index (χ1v) is 11.1. The second kappa shape index (κ2) is 12.0. The van der Waals surface area contributed by atoms with Crippen molar-refractivity contribution in [2.75, 3.05) is 6.54 Å². The van der Waals surface area contributed by atoms with Crippen molar-refractivity contribution in [1.29, 1.82) is 0 Å². The molecule has 1 atom stereocenters. The summed E-state index contributed by atoms with van der Waals surface area (Å²) in [5, 5.41) is 3.86. The van der Waals surface area contributed by atoms with Crippen LogP contribution in [0.5, 0.6) is 0 Å². The quantitative estimate of drug-likeness (QED) is 0.520. The molecule has 30 heavy (non-hydrogen) atoms. The van der Waals surface area contributed by atoms with Gasteiger partial charge < -0.3 is 10.2 Å². The van der Waals surface area contributed by atoms with Crippen molar-refractivity contribution < 1.29 is 9.59 Å². The first-order valence-electron chi connectivity index (χ1n) is 10.4. The van der Waals surface area contributed by atoms with Crippen LogP contribution < -0.4 is 5.32 Å². The van der Waals surface area contributed by atoms with Gasteiger partial charge in [-0.1, -0.05) is 80.4 Å². The van der Waals surface area contributed by atoms with E-state index < -0.39 is 6.04 Å². The summed E-state index contributed by atoms with van der Waals surface area (Å²) in [5.41, 5.74) is 1.94.